The van der Waals surface area contributed by atoms with Crippen LogP contribution in [0.25, 0.3) is 0 Å². The molecule has 0 aliphatic rings. The summed E-state index contributed by atoms with van der Waals surface area (Å²) in [5.74, 6) is 0. The van der Waals surface area contributed by atoms with E-state index in [9.17, 15) is 5.11 Å². The number of unbranched alkanes of at least 4 members (excludes halogenated alkanes) is 1. The molecule has 1 radical (unpaired) electrons. The van der Waals surface area contributed by atoms with Crippen LogP contribution in [0, 0.1) is 0 Å². The van der Waals surface area contributed by atoms with Gasteiger partial charge in [-0.2, -0.15) is 0 Å². The van der Waals surface area contributed by atoms with Gasteiger partial charge in [0.05, 0.1) is 6.61 Å². The van der Waals surface area contributed by atoms with E-state index >= 15 is 0 Å². The van der Waals surface area contributed by atoms with Crippen molar-refractivity contribution in [1.82, 2.24) is 0 Å². The fourth-order valence-corrected chi connectivity index (χ4v) is 0.534. The molecule has 2 nitrogen and oxygen atoms in total. The molecule has 10 heavy (non-hydrogen) atoms. The van der Waals surface area contributed by atoms with Gasteiger partial charge in [0.25, 0.3) is 0 Å². The van der Waals surface area contributed by atoms with Crippen molar-refractivity contribution in [3.05, 3.63) is 12.2 Å². The van der Waals surface area contributed by atoms with Gasteiger partial charge in [-0.05, 0) is 6.42 Å². The fourth-order valence-electron chi connectivity index (χ4n) is 0.534. The van der Waals surface area contributed by atoms with Gasteiger partial charge in [0.15, 0.2) is 0 Å². The van der Waals surface area contributed by atoms with Gasteiger partial charge in [-0.3, -0.25) is 0 Å². The molecule has 0 aromatic heterocycles. The summed E-state index contributed by atoms with van der Waals surface area (Å²) in [6.07, 6.45) is 5.60. The first-order valence-electron chi connectivity index (χ1n) is 3.72. The molecule has 0 fully saturated rings. The van der Waals surface area contributed by atoms with E-state index in [0.29, 0.717) is 6.61 Å². The summed E-state index contributed by atoms with van der Waals surface area (Å²) < 4.78 is 5.15. The van der Waals surface area contributed by atoms with Crippen molar-refractivity contribution in [2.45, 2.75) is 19.8 Å². The molecule has 0 saturated carbocycles. The third-order valence-corrected chi connectivity index (χ3v) is 1.12. The molecule has 0 aromatic rings. The highest BCUT2D eigenvalue weighted by atomic mass is 16.5. The van der Waals surface area contributed by atoms with Gasteiger partial charge in [0.2, 0.25) is 0 Å². The summed E-state index contributed by atoms with van der Waals surface area (Å²) >= 11 is 0. The minimum absolute atomic E-state index is 0.142. The second-order valence-corrected chi connectivity index (χ2v) is 2.07. The second-order valence-electron chi connectivity index (χ2n) is 2.07. The Balaban J connectivity index is 2.83. The molecular weight excluding hydrogens is 128 g/mol. The number of hydrogen-bond donors (Lipinski definition) is 0. The molecule has 0 N–H and O–H groups in total. The summed E-state index contributed by atoms with van der Waals surface area (Å²) in [6, 6.07) is 0. The zero-order chi connectivity index (χ0) is 7.66. The minimum Gasteiger partial charge on any atom is -0.377 e. The van der Waals surface area contributed by atoms with E-state index in [1.807, 2.05) is 0 Å². The molecule has 0 unspecified atom stereocenters. The molecule has 0 saturated heterocycles. The molecule has 0 rings (SSSR count). The van der Waals surface area contributed by atoms with Crippen LogP contribution in [0.2, 0.25) is 0 Å². The van der Waals surface area contributed by atoms with E-state index in [2.05, 4.69) is 6.92 Å². The lowest BCUT2D eigenvalue weighted by Gasteiger charge is -1.96. The van der Waals surface area contributed by atoms with Gasteiger partial charge < -0.3 is 4.74 Å². The van der Waals surface area contributed by atoms with E-state index in [1.54, 1.807) is 12.2 Å². The van der Waals surface area contributed by atoms with Gasteiger partial charge >= 0.3 is 0 Å². The third kappa shape index (κ3) is 7.66. The van der Waals surface area contributed by atoms with Crippen molar-refractivity contribution in [1.29, 1.82) is 0 Å². The van der Waals surface area contributed by atoms with Gasteiger partial charge in [-0.1, -0.05) is 25.5 Å². The maximum atomic E-state index is 9.88. The third-order valence-electron chi connectivity index (χ3n) is 1.12. The molecular formula is C8H15O2. The van der Waals surface area contributed by atoms with E-state index < -0.39 is 0 Å². The molecule has 0 heterocycles. The highest BCUT2D eigenvalue weighted by molar-refractivity contribution is 4.79. The first-order valence-corrected chi connectivity index (χ1v) is 3.72. The van der Waals surface area contributed by atoms with Crippen molar-refractivity contribution in [3.63, 3.8) is 0 Å². The Morgan fingerprint density at radius 3 is 2.80 bits per heavy atom. The molecule has 0 aliphatic carbocycles. The van der Waals surface area contributed by atoms with Crippen molar-refractivity contribution in [2.75, 3.05) is 19.8 Å². The van der Waals surface area contributed by atoms with Crippen LogP contribution in [0.1, 0.15) is 19.8 Å². The predicted molar refractivity (Wildman–Crippen MR) is 40.4 cm³/mol. The van der Waals surface area contributed by atoms with Crippen LogP contribution in [-0.2, 0) is 9.84 Å². The lowest BCUT2D eigenvalue weighted by Crippen LogP contribution is -1.93. The van der Waals surface area contributed by atoms with E-state index in [0.717, 1.165) is 19.4 Å². The standard InChI is InChI=1S/C8H15O2/c1-2-3-7-10-8-5-4-6-9/h4-5H,2-3,6-8H2,1H3. The van der Waals surface area contributed by atoms with Crippen LogP contribution in [0.15, 0.2) is 12.2 Å². The predicted octanol–water partition coefficient (Wildman–Crippen LogP) is 1.79. The topological polar surface area (TPSA) is 29.1 Å². The summed E-state index contributed by atoms with van der Waals surface area (Å²) in [5, 5.41) is 9.88. The number of rotatable bonds is 6. The zero-order valence-electron chi connectivity index (χ0n) is 6.51. The molecule has 0 bridgehead atoms. The van der Waals surface area contributed by atoms with E-state index in [-0.39, 0.29) is 6.61 Å². The Morgan fingerprint density at radius 1 is 1.40 bits per heavy atom. The maximum Gasteiger partial charge on any atom is 0.100 e. The molecule has 0 atom stereocenters. The first kappa shape index (κ1) is 9.66. The van der Waals surface area contributed by atoms with Crippen LogP contribution >= 0.6 is 0 Å². The summed E-state index contributed by atoms with van der Waals surface area (Å²) in [6.45, 7) is 3.37. The van der Waals surface area contributed by atoms with Crippen LogP contribution < -0.4 is 0 Å². The van der Waals surface area contributed by atoms with Gasteiger partial charge in [-0.25, -0.2) is 5.11 Å². The summed E-state index contributed by atoms with van der Waals surface area (Å²) in [4.78, 5) is 0. The van der Waals surface area contributed by atoms with Crippen LogP contribution in [0.4, 0.5) is 0 Å². The van der Waals surface area contributed by atoms with Crippen molar-refractivity contribution >= 4 is 0 Å². The van der Waals surface area contributed by atoms with E-state index in [4.69, 9.17) is 4.74 Å². The lowest BCUT2D eigenvalue weighted by atomic mass is 10.4. The van der Waals surface area contributed by atoms with Crippen LogP contribution in [0.3, 0.4) is 0 Å². The lowest BCUT2D eigenvalue weighted by molar-refractivity contribution is 0.157. The van der Waals surface area contributed by atoms with Crippen molar-refractivity contribution < 1.29 is 9.84 Å². The quantitative estimate of drug-likeness (QED) is 0.411. The Morgan fingerprint density at radius 2 is 2.20 bits per heavy atom. The largest absolute Gasteiger partial charge is 0.377 e. The molecule has 0 aromatic carbocycles. The average molecular weight is 143 g/mol. The van der Waals surface area contributed by atoms with Gasteiger partial charge in [-0.15, -0.1) is 0 Å². The molecule has 0 spiro atoms. The van der Waals surface area contributed by atoms with Gasteiger partial charge in [0, 0.05) is 6.61 Å². The highest BCUT2D eigenvalue weighted by Gasteiger charge is 1.81. The van der Waals surface area contributed by atoms with Crippen molar-refractivity contribution in [2.24, 2.45) is 0 Å². The minimum atomic E-state index is -0.142. The Labute approximate surface area is 62.5 Å². The summed E-state index contributed by atoms with van der Waals surface area (Å²) in [7, 11) is 0. The Bertz CT molecular complexity index is 79.3. The first-order chi connectivity index (χ1) is 4.91. The van der Waals surface area contributed by atoms with Gasteiger partial charge in [0.1, 0.15) is 6.61 Å². The fraction of sp³-hybridized carbons (Fsp3) is 0.750. The number of hydrogen-bond acceptors (Lipinski definition) is 1. The molecule has 2 heteroatoms. The molecule has 0 amide bonds. The second kappa shape index (κ2) is 8.66. The van der Waals surface area contributed by atoms with E-state index in [1.165, 1.54) is 0 Å². The Hall–Kier alpha value is -0.340. The normalized spacial score (nSPS) is 11.0. The highest BCUT2D eigenvalue weighted by Crippen LogP contribution is 1.87. The monoisotopic (exact) mass is 143 g/mol. The van der Waals surface area contributed by atoms with Crippen LogP contribution in [-0.4, -0.2) is 19.8 Å². The average Bonchev–Trinajstić information content (AvgIpc) is 1.97. The Kier molecular flexibility index (Phi) is 8.37. The maximum absolute atomic E-state index is 9.88. The SMILES string of the molecule is CCCCOCC=CC[O]. The van der Waals surface area contributed by atoms with Crippen molar-refractivity contribution in [3.8, 4) is 0 Å². The zero-order valence-corrected chi connectivity index (χ0v) is 6.51. The smallest absolute Gasteiger partial charge is 0.100 e. The molecule has 0 aliphatic heterocycles. The summed E-state index contributed by atoms with van der Waals surface area (Å²) in [5.41, 5.74) is 0. The number of ether oxygens (including phenoxy) is 1. The van der Waals surface area contributed by atoms with Crippen LogP contribution in [0.5, 0.6) is 0 Å². The molecule has 59 valence electrons.